The normalized spacial score (nSPS) is 13.1. The van der Waals surface area contributed by atoms with Gasteiger partial charge >= 0.3 is 5.97 Å². The quantitative estimate of drug-likeness (QED) is 0.784. The molecule has 6 nitrogen and oxygen atoms in total. The molecule has 0 fully saturated rings. The molecule has 90 valence electrons. The van der Waals surface area contributed by atoms with Gasteiger partial charge in [0.05, 0.1) is 18.3 Å². The van der Waals surface area contributed by atoms with Crippen molar-refractivity contribution in [3.05, 3.63) is 11.4 Å². The highest BCUT2D eigenvalue weighted by atomic mass is 16.4. The van der Waals surface area contributed by atoms with Crippen molar-refractivity contribution in [2.24, 2.45) is 0 Å². The van der Waals surface area contributed by atoms with Gasteiger partial charge in [-0.3, -0.25) is 0 Å². The summed E-state index contributed by atoms with van der Waals surface area (Å²) in [7, 11) is 0. The Kier molecular flexibility index (Phi) is 4.00. The van der Waals surface area contributed by atoms with E-state index in [0.29, 0.717) is 12.1 Å². The molecule has 1 rings (SSSR count). The lowest BCUT2D eigenvalue weighted by molar-refractivity contribution is 0.0688. The summed E-state index contributed by atoms with van der Waals surface area (Å²) in [6, 6.07) is -0.210. The minimum atomic E-state index is -1.08. The maximum absolute atomic E-state index is 11.0. The standard InChI is InChI=1S/C10H17N3O3/c1-4-7(5-14)13-9(6(2)3)8(10(15)16)11-12-13/h6-7,14H,4-5H2,1-3H3,(H,15,16). The number of nitrogens with zero attached hydrogens (tertiary/aromatic N) is 3. The topological polar surface area (TPSA) is 88.2 Å². The van der Waals surface area contributed by atoms with E-state index in [1.165, 1.54) is 4.68 Å². The molecule has 0 aliphatic heterocycles. The molecular formula is C10H17N3O3. The molecule has 1 aromatic rings. The van der Waals surface area contributed by atoms with E-state index in [9.17, 15) is 9.90 Å². The molecule has 0 aliphatic rings. The van der Waals surface area contributed by atoms with Crippen LogP contribution in [-0.4, -0.2) is 37.8 Å². The molecule has 0 bridgehead atoms. The van der Waals surface area contributed by atoms with E-state index >= 15 is 0 Å². The number of aliphatic hydroxyl groups excluding tert-OH is 1. The van der Waals surface area contributed by atoms with Crippen molar-refractivity contribution in [2.45, 2.75) is 39.2 Å². The summed E-state index contributed by atoms with van der Waals surface area (Å²) < 4.78 is 1.52. The lowest BCUT2D eigenvalue weighted by atomic mass is 10.1. The van der Waals surface area contributed by atoms with Gasteiger partial charge in [-0.05, 0) is 12.3 Å². The van der Waals surface area contributed by atoms with E-state index in [4.69, 9.17) is 5.11 Å². The predicted octanol–water partition coefficient (Wildman–Crippen LogP) is 1.04. The second-order valence-corrected chi connectivity index (χ2v) is 3.97. The van der Waals surface area contributed by atoms with Crippen LogP contribution in [0.4, 0.5) is 0 Å². The molecule has 16 heavy (non-hydrogen) atoms. The predicted molar refractivity (Wildman–Crippen MR) is 57.5 cm³/mol. The number of rotatable bonds is 5. The highest BCUT2D eigenvalue weighted by Gasteiger charge is 2.24. The zero-order chi connectivity index (χ0) is 12.3. The third kappa shape index (κ3) is 2.21. The summed E-state index contributed by atoms with van der Waals surface area (Å²) in [6.45, 7) is 5.60. The van der Waals surface area contributed by atoms with Crippen LogP contribution in [0.5, 0.6) is 0 Å². The smallest absolute Gasteiger partial charge is 0.358 e. The summed E-state index contributed by atoms with van der Waals surface area (Å²) >= 11 is 0. The fraction of sp³-hybridized carbons (Fsp3) is 0.700. The molecule has 0 radical (unpaired) electrons. The Morgan fingerprint density at radius 2 is 2.12 bits per heavy atom. The summed E-state index contributed by atoms with van der Waals surface area (Å²) in [4.78, 5) is 11.0. The molecule has 0 saturated carbocycles. The van der Waals surface area contributed by atoms with Crippen LogP contribution in [-0.2, 0) is 0 Å². The van der Waals surface area contributed by atoms with Crippen LogP contribution in [0.1, 0.15) is 55.3 Å². The summed E-state index contributed by atoms with van der Waals surface area (Å²) in [5.41, 5.74) is 0.537. The largest absolute Gasteiger partial charge is 0.476 e. The van der Waals surface area contributed by atoms with Gasteiger partial charge in [-0.1, -0.05) is 26.0 Å². The van der Waals surface area contributed by atoms with Gasteiger partial charge in [0.15, 0.2) is 5.69 Å². The first-order valence-electron chi connectivity index (χ1n) is 5.32. The SMILES string of the molecule is CCC(CO)n1nnc(C(=O)O)c1C(C)C. The molecular weight excluding hydrogens is 210 g/mol. The third-order valence-corrected chi connectivity index (χ3v) is 2.51. The Hall–Kier alpha value is -1.43. The minimum Gasteiger partial charge on any atom is -0.476 e. The summed E-state index contributed by atoms with van der Waals surface area (Å²) in [5.74, 6) is -1.08. The second kappa shape index (κ2) is 5.07. The monoisotopic (exact) mass is 227 g/mol. The highest BCUT2D eigenvalue weighted by molar-refractivity contribution is 5.86. The van der Waals surface area contributed by atoms with Crippen molar-refractivity contribution in [3.8, 4) is 0 Å². The van der Waals surface area contributed by atoms with E-state index in [-0.39, 0.29) is 24.3 Å². The van der Waals surface area contributed by atoms with Gasteiger partial charge in [-0.25, -0.2) is 9.48 Å². The lowest BCUT2D eigenvalue weighted by Crippen LogP contribution is -2.18. The molecule has 1 unspecified atom stereocenters. The zero-order valence-electron chi connectivity index (χ0n) is 9.71. The second-order valence-electron chi connectivity index (χ2n) is 3.97. The van der Waals surface area contributed by atoms with Crippen LogP contribution in [0.3, 0.4) is 0 Å². The van der Waals surface area contributed by atoms with Crippen LogP contribution in [0, 0.1) is 0 Å². The Morgan fingerprint density at radius 1 is 1.50 bits per heavy atom. The molecule has 1 atom stereocenters. The maximum Gasteiger partial charge on any atom is 0.358 e. The fourth-order valence-corrected chi connectivity index (χ4v) is 1.64. The first-order chi connectivity index (χ1) is 7.52. The average molecular weight is 227 g/mol. The van der Waals surface area contributed by atoms with Crippen molar-refractivity contribution in [3.63, 3.8) is 0 Å². The van der Waals surface area contributed by atoms with Gasteiger partial charge in [0.2, 0.25) is 0 Å². The summed E-state index contributed by atoms with van der Waals surface area (Å²) in [5, 5.41) is 25.7. The van der Waals surface area contributed by atoms with Gasteiger partial charge in [0.25, 0.3) is 0 Å². The first kappa shape index (κ1) is 12.6. The molecule has 6 heteroatoms. The molecule has 0 spiro atoms. The van der Waals surface area contributed by atoms with Crippen LogP contribution in [0.15, 0.2) is 0 Å². The van der Waals surface area contributed by atoms with Crippen LogP contribution < -0.4 is 0 Å². The fourth-order valence-electron chi connectivity index (χ4n) is 1.64. The molecule has 0 amide bonds. The average Bonchev–Trinajstić information content (AvgIpc) is 2.64. The van der Waals surface area contributed by atoms with Crippen molar-refractivity contribution in [1.29, 1.82) is 0 Å². The van der Waals surface area contributed by atoms with Crippen molar-refractivity contribution in [1.82, 2.24) is 15.0 Å². The lowest BCUT2D eigenvalue weighted by Gasteiger charge is -2.16. The molecule has 0 saturated heterocycles. The maximum atomic E-state index is 11.0. The number of hydrogen-bond donors (Lipinski definition) is 2. The summed E-state index contributed by atoms with van der Waals surface area (Å²) in [6.07, 6.45) is 0.679. The number of aliphatic hydroxyl groups is 1. The van der Waals surface area contributed by atoms with E-state index < -0.39 is 5.97 Å². The molecule has 2 N–H and O–H groups in total. The number of aromatic nitrogens is 3. The van der Waals surface area contributed by atoms with Crippen LogP contribution >= 0.6 is 0 Å². The van der Waals surface area contributed by atoms with Gasteiger partial charge in [-0.15, -0.1) is 5.10 Å². The number of hydrogen-bond acceptors (Lipinski definition) is 4. The molecule has 0 aromatic carbocycles. The molecule has 1 aromatic heterocycles. The number of carboxylic acids is 1. The third-order valence-electron chi connectivity index (χ3n) is 2.51. The van der Waals surface area contributed by atoms with E-state index in [1.54, 1.807) is 0 Å². The van der Waals surface area contributed by atoms with Gasteiger partial charge in [-0.2, -0.15) is 0 Å². The Labute approximate surface area is 93.9 Å². The number of carboxylic acid groups (broad SMARTS) is 1. The van der Waals surface area contributed by atoms with Crippen LogP contribution in [0.2, 0.25) is 0 Å². The van der Waals surface area contributed by atoms with Crippen molar-refractivity contribution in [2.75, 3.05) is 6.61 Å². The Bertz CT molecular complexity index is 369. The van der Waals surface area contributed by atoms with E-state index in [2.05, 4.69) is 10.3 Å². The number of aromatic carboxylic acids is 1. The van der Waals surface area contributed by atoms with Crippen molar-refractivity contribution >= 4 is 5.97 Å². The molecule has 1 heterocycles. The zero-order valence-corrected chi connectivity index (χ0v) is 9.71. The number of carbonyl (C=O) groups is 1. The van der Waals surface area contributed by atoms with Crippen molar-refractivity contribution < 1.29 is 15.0 Å². The Balaban J connectivity index is 3.24. The Morgan fingerprint density at radius 3 is 2.50 bits per heavy atom. The van der Waals surface area contributed by atoms with E-state index in [0.717, 1.165) is 0 Å². The molecule has 0 aliphatic carbocycles. The first-order valence-corrected chi connectivity index (χ1v) is 5.32. The van der Waals surface area contributed by atoms with Crippen LogP contribution in [0.25, 0.3) is 0 Å². The van der Waals surface area contributed by atoms with Gasteiger partial charge in [0.1, 0.15) is 0 Å². The van der Waals surface area contributed by atoms with Gasteiger partial charge in [0, 0.05) is 0 Å². The van der Waals surface area contributed by atoms with Gasteiger partial charge < -0.3 is 10.2 Å². The van der Waals surface area contributed by atoms with E-state index in [1.807, 2.05) is 20.8 Å². The minimum absolute atomic E-state index is 0.00157. The highest BCUT2D eigenvalue weighted by Crippen LogP contribution is 2.22.